The molecule has 2 rings (SSSR count). The molecule has 0 N–H and O–H groups in total. The number of carbonyl (C=O) groups is 2. The number of aldehydes is 1. The van der Waals surface area contributed by atoms with Crippen LogP contribution in [0.15, 0.2) is 24.3 Å². The van der Waals surface area contributed by atoms with Crippen LogP contribution in [0.4, 0.5) is 0 Å². The lowest BCUT2D eigenvalue weighted by atomic mass is 10.1. The van der Waals surface area contributed by atoms with E-state index >= 15 is 0 Å². The van der Waals surface area contributed by atoms with Crippen LogP contribution >= 0.6 is 0 Å². The third-order valence-electron chi connectivity index (χ3n) is 3.47. The highest BCUT2D eigenvalue weighted by Crippen LogP contribution is 2.07. The van der Waals surface area contributed by atoms with Crippen molar-refractivity contribution in [2.45, 2.75) is 0 Å². The molecule has 1 amide bonds. The zero-order chi connectivity index (χ0) is 14.4. The van der Waals surface area contributed by atoms with Gasteiger partial charge in [-0.05, 0) is 12.1 Å². The third-order valence-corrected chi connectivity index (χ3v) is 3.47. The predicted octanol–water partition coefficient (Wildman–Crippen LogP) is 0.903. The Labute approximate surface area is 119 Å². The molecule has 0 unspecified atom stereocenters. The molecule has 0 bridgehead atoms. The lowest BCUT2D eigenvalue weighted by molar-refractivity contribution is 0.0338. The highest BCUT2D eigenvalue weighted by molar-refractivity contribution is 5.95. The van der Waals surface area contributed by atoms with Crippen LogP contribution in [-0.4, -0.2) is 68.4 Å². The van der Waals surface area contributed by atoms with Crippen LogP contribution in [-0.2, 0) is 4.74 Å². The van der Waals surface area contributed by atoms with Gasteiger partial charge in [0.05, 0.1) is 13.2 Å². The number of hydrogen-bond acceptors (Lipinski definition) is 4. The number of rotatable bonds is 5. The van der Waals surface area contributed by atoms with E-state index in [9.17, 15) is 9.59 Å². The average Bonchev–Trinajstić information content (AvgIpc) is 2.53. The van der Waals surface area contributed by atoms with E-state index in [2.05, 4.69) is 4.90 Å². The topological polar surface area (TPSA) is 49.9 Å². The smallest absolute Gasteiger partial charge is 0.253 e. The Bertz CT molecular complexity index is 470. The molecule has 108 valence electrons. The highest BCUT2D eigenvalue weighted by Gasteiger charge is 2.15. The number of nitrogens with zero attached hydrogens (tertiary/aromatic N) is 2. The zero-order valence-corrected chi connectivity index (χ0v) is 11.7. The van der Waals surface area contributed by atoms with E-state index in [4.69, 9.17) is 4.74 Å². The Morgan fingerprint density at radius 1 is 1.40 bits per heavy atom. The molecule has 0 atom stereocenters. The van der Waals surface area contributed by atoms with E-state index in [1.54, 1.807) is 36.2 Å². The second-order valence-electron chi connectivity index (χ2n) is 4.92. The molecule has 0 aliphatic carbocycles. The minimum atomic E-state index is -0.0537. The summed E-state index contributed by atoms with van der Waals surface area (Å²) < 4.78 is 5.29. The quantitative estimate of drug-likeness (QED) is 0.750. The molecule has 0 aromatic heterocycles. The maximum absolute atomic E-state index is 12.3. The molecule has 0 radical (unpaired) electrons. The average molecular weight is 276 g/mol. The Morgan fingerprint density at radius 3 is 2.85 bits per heavy atom. The number of amides is 1. The van der Waals surface area contributed by atoms with Gasteiger partial charge in [0.2, 0.25) is 0 Å². The summed E-state index contributed by atoms with van der Waals surface area (Å²) >= 11 is 0. The van der Waals surface area contributed by atoms with Gasteiger partial charge in [-0.3, -0.25) is 14.5 Å². The summed E-state index contributed by atoms with van der Waals surface area (Å²) in [5.74, 6) is -0.0537. The first kappa shape index (κ1) is 14.7. The van der Waals surface area contributed by atoms with Gasteiger partial charge in [-0.2, -0.15) is 0 Å². The molecule has 5 nitrogen and oxygen atoms in total. The van der Waals surface area contributed by atoms with Crippen LogP contribution in [0.1, 0.15) is 20.7 Å². The van der Waals surface area contributed by atoms with Crippen LogP contribution in [0.2, 0.25) is 0 Å². The van der Waals surface area contributed by atoms with Gasteiger partial charge in [-0.1, -0.05) is 12.1 Å². The summed E-state index contributed by atoms with van der Waals surface area (Å²) in [6.07, 6.45) is 0.754. The molecule has 1 saturated heterocycles. The van der Waals surface area contributed by atoms with Crippen molar-refractivity contribution >= 4 is 12.2 Å². The summed E-state index contributed by atoms with van der Waals surface area (Å²) in [6, 6.07) is 6.78. The molecule has 5 heteroatoms. The fourth-order valence-electron chi connectivity index (χ4n) is 2.18. The third kappa shape index (κ3) is 3.88. The standard InChI is InChI=1S/C15H20N2O3/c1-16(5-6-17-7-9-20-10-8-17)15(19)14-4-2-3-13(11-14)12-18/h2-4,11-12H,5-10H2,1H3. The normalized spacial score (nSPS) is 15.8. The van der Waals surface area contributed by atoms with Crippen LogP contribution in [0.25, 0.3) is 0 Å². The molecule has 1 aliphatic heterocycles. The summed E-state index contributed by atoms with van der Waals surface area (Å²) in [4.78, 5) is 27.0. The van der Waals surface area contributed by atoms with Crippen molar-refractivity contribution in [3.63, 3.8) is 0 Å². The van der Waals surface area contributed by atoms with Crippen molar-refractivity contribution < 1.29 is 14.3 Å². The second kappa shape index (κ2) is 7.17. The number of benzene rings is 1. The Hall–Kier alpha value is -1.72. The van der Waals surface area contributed by atoms with Gasteiger partial charge in [0.25, 0.3) is 5.91 Å². The fourth-order valence-corrected chi connectivity index (χ4v) is 2.18. The Morgan fingerprint density at radius 2 is 2.15 bits per heavy atom. The van der Waals surface area contributed by atoms with Crippen molar-refractivity contribution in [3.8, 4) is 0 Å². The fraction of sp³-hybridized carbons (Fsp3) is 0.467. The lowest BCUT2D eigenvalue weighted by Gasteiger charge is -2.28. The molecular formula is C15H20N2O3. The number of hydrogen-bond donors (Lipinski definition) is 0. The van der Waals surface area contributed by atoms with E-state index in [-0.39, 0.29) is 5.91 Å². The molecule has 0 saturated carbocycles. The van der Waals surface area contributed by atoms with Gasteiger partial charge in [-0.15, -0.1) is 0 Å². The van der Waals surface area contributed by atoms with Crippen molar-refractivity contribution in [3.05, 3.63) is 35.4 Å². The Balaban J connectivity index is 1.88. The van der Waals surface area contributed by atoms with Crippen LogP contribution < -0.4 is 0 Å². The summed E-state index contributed by atoms with van der Waals surface area (Å²) in [6.45, 7) is 4.88. The molecule has 1 aromatic carbocycles. The molecule has 1 fully saturated rings. The first-order valence-electron chi connectivity index (χ1n) is 6.81. The first-order valence-corrected chi connectivity index (χ1v) is 6.81. The van der Waals surface area contributed by atoms with Crippen molar-refractivity contribution in [2.75, 3.05) is 46.4 Å². The molecule has 1 aromatic rings. The van der Waals surface area contributed by atoms with E-state index in [0.717, 1.165) is 39.1 Å². The lowest BCUT2D eigenvalue weighted by Crippen LogP contribution is -2.41. The SMILES string of the molecule is CN(CCN1CCOCC1)C(=O)c1cccc(C=O)c1. The van der Waals surface area contributed by atoms with Gasteiger partial charge in [0.15, 0.2) is 0 Å². The molecule has 1 heterocycles. The first-order chi connectivity index (χ1) is 9.70. The number of carbonyl (C=O) groups excluding carboxylic acids is 2. The van der Waals surface area contributed by atoms with Gasteiger partial charge >= 0.3 is 0 Å². The van der Waals surface area contributed by atoms with Crippen LogP contribution in [0.5, 0.6) is 0 Å². The van der Waals surface area contributed by atoms with E-state index in [1.807, 2.05) is 0 Å². The number of morpholine rings is 1. The van der Waals surface area contributed by atoms with Gasteiger partial charge in [-0.25, -0.2) is 0 Å². The molecule has 0 spiro atoms. The monoisotopic (exact) mass is 276 g/mol. The Kier molecular flexibility index (Phi) is 5.26. The largest absolute Gasteiger partial charge is 0.379 e. The van der Waals surface area contributed by atoms with Crippen LogP contribution in [0, 0.1) is 0 Å². The van der Waals surface area contributed by atoms with Gasteiger partial charge in [0, 0.05) is 44.4 Å². The summed E-state index contributed by atoms with van der Waals surface area (Å²) in [7, 11) is 1.79. The van der Waals surface area contributed by atoms with Crippen molar-refractivity contribution in [1.82, 2.24) is 9.80 Å². The van der Waals surface area contributed by atoms with Crippen molar-refractivity contribution in [1.29, 1.82) is 0 Å². The zero-order valence-electron chi connectivity index (χ0n) is 11.7. The van der Waals surface area contributed by atoms with Crippen LogP contribution in [0.3, 0.4) is 0 Å². The minimum absolute atomic E-state index is 0.0537. The minimum Gasteiger partial charge on any atom is -0.379 e. The van der Waals surface area contributed by atoms with Gasteiger partial charge in [0.1, 0.15) is 6.29 Å². The van der Waals surface area contributed by atoms with E-state index in [0.29, 0.717) is 17.7 Å². The van der Waals surface area contributed by atoms with Gasteiger partial charge < -0.3 is 9.64 Å². The molecule has 20 heavy (non-hydrogen) atoms. The second-order valence-corrected chi connectivity index (χ2v) is 4.92. The predicted molar refractivity (Wildman–Crippen MR) is 76.0 cm³/mol. The molecule has 1 aliphatic rings. The van der Waals surface area contributed by atoms with E-state index < -0.39 is 0 Å². The van der Waals surface area contributed by atoms with E-state index in [1.165, 1.54) is 0 Å². The maximum atomic E-state index is 12.3. The summed E-state index contributed by atoms with van der Waals surface area (Å²) in [5.41, 5.74) is 1.08. The number of likely N-dealkylation sites (N-methyl/N-ethyl adjacent to an activating group) is 1. The highest BCUT2D eigenvalue weighted by atomic mass is 16.5. The maximum Gasteiger partial charge on any atom is 0.253 e. The molecular weight excluding hydrogens is 256 g/mol. The number of ether oxygens (including phenoxy) is 1. The summed E-state index contributed by atoms with van der Waals surface area (Å²) in [5, 5.41) is 0. The van der Waals surface area contributed by atoms with Crippen molar-refractivity contribution in [2.24, 2.45) is 0 Å².